The quantitative estimate of drug-likeness (QED) is 0.856. The molecule has 21 heavy (non-hydrogen) atoms. The number of methoxy groups -OCH3 is 1. The summed E-state index contributed by atoms with van der Waals surface area (Å²) >= 11 is 0. The third-order valence-electron chi connectivity index (χ3n) is 3.14. The molecule has 0 unspecified atom stereocenters. The van der Waals surface area contributed by atoms with E-state index in [0.717, 1.165) is 23.2 Å². The highest BCUT2D eigenvalue weighted by Crippen LogP contribution is 2.15. The van der Waals surface area contributed by atoms with Gasteiger partial charge in [0.05, 0.1) is 6.61 Å². The Morgan fingerprint density at radius 2 is 1.76 bits per heavy atom. The molecule has 0 bridgehead atoms. The van der Waals surface area contributed by atoms with Gasteiger partial charge in [0.15, 0.2) is 0 Å². The highest BCUT2D eigenvalue weighted by atomic mass is 16.5. The van der Waals surface area contributed by atoms with Gasteiger partial charge in [0.2, 0.25) is 0 Å². The van der Waals surface area contributed by atoms with Crippen LogP contribution >= 0.6 is 0 Å². The second kappa shape index (κ2) is 8.07. The van der Waals surface area contributed by atoms with E-state index in [1.165, 1.54) is 0 Å². The summed E-state index contributed by atoms with van der Waals surface area (Å²) in [7, 11) is 1.67. The van der Waals surface area contributed by atoms with Gasteiger partial charge in [-0.1, -0.05) is 48.5 Å². The molecule has 0 heterocycles. The lowest BCUT2D eigenvalue weighted by Gasteiger charge is -2.12. The van der Waals surface area contributed by atoms with Gasteiger partial charge < -0.3 is 15.4 Å². The van der Waals surface area contributed by atoms with Crippen LogP contribution in [0.3, 0.4) is 0 Å². The summed E-state index contributed by atoms with van der Waals surface area (Å²) in [6, 6.07) is 17.4. The molecule has 0 aliphatic heterocycles. The van der Waals surface area contributed by atoms with Crippen LogP contribution in [0, 0.1) is 0 Å². The predicted octanol–water partition coefficient (Wildman–Crippen LogP) is 3.20. The zero-order valence-corrected chi connectivity index (χ0v) is 12.1. The van der Waals surface area contributed by atoms with Crippen molar-refractivity contribution in [3.8, 4) is 0 Å². The summed E-state index contributed by atoms with van der Waals surface area (Å²) in [5, 5.41) is 5.73. The number of urea groups is 1. The van der Waals surface area contributed by atoms with E-state index in [4.69, 9.17) is 4.74 Å². The van der Waals surface area contributed by atoms with E-state index in [9.17, 15) is 4.79 Å². The molecule has 2 rings (SSSR count). The SMILES string of the molecule is COCCc1ccccc1NC(=O)NCc1ccccc1. The number of ether oxygens (including phenoxy) is 1. The standard InChI is InChI=1S/C17H20N2O2/c1-21-12-11-15-9-5-6-10-16(15)19-17(20)18-13-14-7-3-2-4-8-14/h2-10H,11-13H2,1H3,(H2,18,19,20). The van der Waals surface area contributed by atoms with Crippen molar-refractivity contribution in [1.82, 2.24) is 5.32 Å². The smallest absolute Gasteiger partial charge is 0.319 e. The fourth-order valence-corrected chi connectivity index (χ4v) is 2.02. The van der Waals surface area contributed by atoms with Crippen molar-refractivity contribution in [2.24, 2.45) is 0 Å². The Balaban J connectivity index is 1.90. The van der Waals surface area contributed by atoms with Gasteiger partial charge in [-0.05, 0) is 23.6 Å². The van der Waals surface area contributed by atoms with E-state index in [-0.39, 0.29) is 6.03 Å². The summed E-state index contributed by atoms with van der Waals surface area (Å²) in [6.07, 6.45) is 0.769. The molecule has 0 atom stereocenters. The molecule has 2 N–H and O–H groups in total. The Morgan fingerprint density at radius 1 is 1.05 bits per heavy atom. The van der Waals surface area contributed by atoms with Crippen molar-refractivity contribution in [1.29, 1.82) is 0 Å². The first kappa shape index (κ1) is 15.1. The van der Waals surface area contributed by atoms with Crippen molar-refractivity contribution in [2.75, 3.05) is 19.0 Å². The van der Waals surface area contributed by atoms with Gasteiger partial charge in [-0.2, -0.15) is 0 Å². The third kappa shape index (κ3) is 4.93. The first-order valence-corrected chi connectivity index (χ1v) is 6.95. The minimum Gasteiger partial charge on any atom is -0.384 e. The minimum absolute atomic E-state index is 0.205. The summed E-state index contributed by atoms with van der Waals surface area (Å²) < 4.78 is 5.08. The van der Waals surface area contributed by atoms with E-state index in [1.54, 1.807) is 7.11 Å². The molecule has 4 heteroatoms. The number of para-hydroxylation sites is 1. The molecule has 110 valence electrons. The molecule has 2 aromatic rings. The number of carbonyl (C=O) groups is 1. The predicted molar refractivity (Wildman–Crippen MR) is 84.3 cm³/mol. The molecule has 4 nitrogen and oxygen atoms in total. The lowest BCUT2D eigenvalue weighted by molar-refractivity contribution is 0.202. The zero-order chi connectivity index (χ0) is 14.9. The molecule has 0 aromatic heterocycles. The number of rotatable bonds is 6. The van der Waals surface area contributed by atoms with E-state index in [2.05, 4.69) is 10.6 Å². The molecule has 2 aromatic carbocycles. The molecule has 2 amide bonds. The van der Waals surface area contributed by atoms with Crippen LogP contribution in [0.1, 0.15) is 11.1 Å². The number of benzene rings is 2. The Kier molecular flexibility index (Phi) is 5.79. The van der Waals surface area contributed by atoms with Gasteiger partial charge in [-0.15, -0.1) is 0 Å². The molecule has 0 saturated heterocycles. The Bertz CT molecular complexity index is 570. The number of hydrogen-bond acceptors (Lipinski definition) is 2. The van der Waals surface area contributed by atoms with Crippen LogP contribution in [0.2, 0.25) is 0 Å². The molecule has 0 fully saturated rings. The van der Waals surface area contributed by atoms with Gasteiger partial charge in [0.1, 0.15) is 0 Å². The van der Waals surface area contributed by atoms with Crippen molar-refractivity contribution in [2.45, 2.75) is 13.0 Å². The number of carbonyl (C=O) groups excluding carboxylic acids is 1. The molecule has 0 saturated carbocycles. The molecular formula is C17H20N2O2. The summed E-state index contributed by atoms with van der Waals surface area (Å²) in [6.45, 7) is 1.14. The molecule has 0 radical (unpaired) electrons. The van der Waals surface area contributed by atoms with Crippen LogP contribution in [0.4, 0.5) is 10.5 Å². The van der Waals surface area contributed by atoms with Crippen molar-refractivity contribution in [3.05, 3.63) is 65.7 Å². The summed E-state index contributed by atoms with van der Waals surface area (Å²) in [5.74, 6) is 0. The lowest BCUT2D eigenvalue weighted by Crippen LogP contribution is -2.28. The minimum atomic E-state index is -0.205. The average Bonchev–Trinajstić information content (AvgIpc) is 2.53. The van der Waals surface area contributed by atoms with Crippen LogP contribution in [-0.2, 0) is 17.7 Å². The van der Waals surface area contributed by atoms with Crippen LogP contribution in [0.25, 0.3) is 0 Å². The largest absolute Gasteiger partial charge is 0.384 e. The number of hydrogen-bond donors (Lipinski definition) is 2. The maximum absolute atomic E-state index is 12.0. The number of anilines is 1. The van der Waals surface area contributed by atoms with E-state index in [0.29, 0.717) is 13.2 Å². The van der Waals surface area contributed by atoms with Crippen molar-refractivity contribution in [3.63, 3.8) is 0 Å². The number of amides is 2. The maximum Gasteiger partial charge on any atom is 0.319 e. The molecule has 0 aliphatic rings. The first-order valence-electron chi connectivity index (χ1n) is 6.95. The van der Waals surface area contributed by atoms with Crippen molar-refractivity contribution >= 4 is 11.7 Å². The van der Waals surface area contributed by atoms with Gasteiger partial charge >= 0.3 is 6.03 Å². The fraction of sp³-hybridized carbons (Fsp3) is 0.235. The van der Waals surface area contributed by atoms with Gasteiger partial charge in [-0.25, -0.2) is 4.79 Å². The molecular weight excluding hydrogens is 264 g/mol. The monoisotopic (exact) mass is 284 g/mol. The first-order chi connectivity index (χ1) is 10.3. The van der Waals surface area contributed by atoms with Crippen LogP contribution in [-0.4, -0.2) is 19.7 Å². The van der Waals surface area contributed by atoms with Gasteiger partial charge in [0, 0.05) is 19.3 Å². The fourth-order valence-electron chi connectivity index (χ4n) is 2.02. The Morgan fingerprint density at radius 3 is 2.52 bits per heavy atom. The maximum atomic E-state index is 12.0. The van der Waals surface area contributed by atoms with E-state index < -0.39 is 0 Å². The van der Waals surface area contributed by atoms with Crippen molar-refractivity contribution < 1.29 is 9.53 Å². The topological polar surface area (TPSA) is 50.4 Å². The van der Waals surface area contributed by atoms with Crippen LogP contribution in [0.5, 0.6) is 0 Å². The second-order valence-corrected chi connectivity index (χ2v) is 4.69. The second-order valence-electron chi connectivity index (χ2n) is 4.69. The highest BCUT2D eigenvalue weighted by Gasteiger charge is 2.06. The Hall–Kier alpha value is -2.33. The van der Waals surface area contributed by atoms with Gasteiger partial charge in [-0.3, -0.25) is 0 Å². The summed E-state index contributed by atoms with van der Waals surface area (Å²) in [5.41, 5.74) is 2.95. The van der Waals surface area contributed by atoms with Crippen LogP contribution < -0.4 is 10.6 Å². The third-order valence-corrected chi connectivity index (χ3v) is 3.14. The molecule has 0 aliphatic carbocycles. The normalized spacial score (nSPS) is 10.1. The average molecular weight is 284 g/mol. The number of nitrogens with one attached hydrogen (secondary N) is 2. The van der Waals surface area contributed by atoms with Crippen LogP contribution in [0.15, 0.2) is 54.6 Å². The lowest BCUT2D eigenvalue weighted by atomic mass is 10.1. The van der Waals surface area contributed by atoms with E-state index in [1.807, 2.05) is 54.6 Å². The van der Waals surface area contributed by atoms with E-state index >= 15 is 0 Å². The zero-order valence-electron chi connectivity index (χ0n) is 12.1. The highest BCUT2D eigenvalue weighted by molar-refractivity contribution is 5.90. The summed E-state index contributed by atoms with van der Waals surface area (Å²) in [4.78, 5) is 12.0. The Labute approximate surface area is 125 Å². The molecule has 0 spiro atoms. The van der Waals surface area contributed by atoms with Gasteiger partial charge in [0.25, 0.3) is 0 Å².